The second-order valence-corrected chi connectivity index (χ2v) is 19.6. The average molecular weight is 655 g/mol. The van der Waals surface area contributed by atoms with Crippen molar-refractivity contribution in [2.45, 2.75) is 148 Å². The fourth-order valence-electron chi connectivity index (χ4n) is 7.40. The molecule has 0 amide bonds. The number of hydrogen-bond donors (Lipinski definition) is 1. The number of ketones is 1. The summed E-state index contributed by atoms with van der Waals surface area (Å²) in [5, 5.41) is 14.0. The maximum absolute atomic E-state index is 11.6. The van der Waals surface area contributed by atoms with Crippen molar-refractivity contribution in [2.24, 2.45) is 5.92 Å². The minimum Gasteiger partial charge on any atom is -0.407 e. The summed E-state index contributed by atoms with van der Waals surface area (Å²) in [5.74, 6) is -1.48. The summed E-state index contributed by atoms with van der Waals surface area (Å²) < 4.78 is 32.3. The van der Waals surface area contributed by atoms with Gasteiger partial charge < -0.3 is 33.3 Å². The predicted molar refractivity (Wildman–Crippen MR) is 185 cm³/mol. The van der Waals surface area contributed by atoms with Crippen molar-refractivity contribution < 1.29 is 33.3 Å². The van der Waals surface area contributed by atoms with E-state index in [9.17, 15) is 9.90 Å². The molecule has 2 aliphatic heterocycles. The Kier molecular flexibility index (Phi) is 12.1. The zero-order chi connectivity index (χ0) is 33.8. The van der Waals surface area contributed by atoms with Crippen LogP contribution in [0.4, 0.5) is 0 Å². The average Bonchev–Trinajstić information content (AvgIpc) is 3.27. The van der Waals surface area contributed by atoms with Crippen LogP contribution < -0.4 is 10.4 Å². The maximum atomic E-state index is 11.6. The van der Waals surface area contributed by atoms with Gasteiger partial charge in [-0.2, -0.15) is 0 Å². The van der Waals surface area contributed by atoms with Crippen LogP contribution in [0.1, 0.15) is 101 Å². The van der Waals surface area contributed by atoms with E-state index in [1.165, 1.54) is 10.4 Å². The van der Waals surface area contributed by atoms with E-state index in [0.29, 0.717) is 32.3 Å². The Hall–Kier alpha value is -1.91. The molecule has 0 aliphatic carbocycles. The van der Waals surface area contributed by atoms with E-state index in [1.54, 1.807) is 6.92 Å². The Balaban J connectivity index is 1.42. The van der Waals surface area contributed by atoms with E-state index >= 15 is 0 Å². The summed E-state index contributed by atoms with van der Waals surface area (Å²) in [6, 6.07) is 21.5. The van der Waals surface area contributed by atoms with Gasteiger partial charge in [0.15, 0.2) is 11.6 Å². The molecule has 2 aliphatic rings. The van der Waals surface area contributed by atoms with Crippen molar-refractivity contribution in [3.8, 4) is 0 Å². The molecule has 0 bridgehead atoms. The third-order valence-corrected chi connectivity index (χ3v) is 14.5. The van der Waals surface area contributed by atoms with E-state index < -0.39 is 26.0 Å². The Morgan fingerprint density at radius 3 is 1.98 bits per heavy atom. The lowest BCUT2D eigenvalue weighted by atomic mass is 9.88. The SMILES string of the molecule is CC(=O)CC[C@H]1C[C@@H]([C@H](O)[C@H](C)C[C@@H]2OC(C)(C)O[C@H]2CCCO[Si](c2ccccc2)(c2ccccc2)C(C)(C)C)OC(C)(C)O1. The molecule has 0 spiro atoms. The largest absolute Gasteiger partial charge is 0.407 e. The van der Waals surface area contributed by atoms with Crippen LogP contribution in [-0.2, 0) is 28.2 Å². The molecular weight excluding hydrogens is 596 g/mol. The molecular formula is C38H58O7Si. The maximum Gasteiger partial charge on any atom is 0.261 e. The van der Waals surface area contributed by atoms with Crippen molar-refractivity contribution in [3.63, 3.8) is 0 Å². The van der Waals surface area contributed by atoms with Gasteiger partial charge in [0.2, 0.25) is 0 Å². The zero-order valence-electron chi connectivity index (χ0n) is 29.6. The zero-order valence-corrected chi connectivity index (χ0v) is 30.6. The number of carbonyl (C=O) groups excluding carboxylic acids is 1. The number of hydrogen-bond acceptors (Lipinski definition) is 7. The second kappa shape index (κ2) is 15.1. The van der Waals surface area contributed by atoms with Crippen molar-refractivity contribution in [3.05, 3.63) is 60.7 Å². The lowest BCUT2D eigenvalue weighted by molar-refractivity contribution is -0.316. The van der Waals surface area contributed by atoms with E-state index in [0.717, 1.165) is 12.8 Å². The molecule has 256 valence electrons. The molecule has 1 N–H and O–H groups in total. The molecule has 6 atom stereocenters. The summed E-state index contributed by atoms with van der Waals surface area (Å²) in [7, 11) is -2.61. The molecule has 0 radical (unpaired) electrons. The molecule has 0 unspecified atom stereocenters. The summed E-state index contributed by atoms with van der Waals surface area (Å²) in [6.07, 6.45) is 2.43. The molecule has 46 heavy (non-hydrogen) atoms. The fraction of sp³-hybridized carbons (Fsp3) is 0.658. The van der Waals surface area contributed by atoms with Crippen molar-refractivity contribution >= 4 is 24.5 Å². The monoisotopic (exact) mass is 654 g/mol. The minimum absolute atomic E-state index is 0.0787. The number of Topliss-reactive ketones (excluding diaryl/α,β-unsaturated/α-hetero) is 1. The van der Waals surface area contributed by atoms with Gasteiger partial charge in [0.25, 0.3) is 8.32 Å². The molecule has 0 saturated carbocycles. The number of ether oxygens (including phenoxy) is 4. The molecule has 4 rings (SSSR count). The molecule has 2 aromatic carbocycles. The smallest absolute Gasteiger partial charge is 0.261 e. The van der Waals surface area contributed by atoms with Crippen LogP contribution in [0.2, 0.25) is 5.04 Å². The first kappa shape index (κ1) is 36.9. The van der Waals surface area contributed by atoms with Gasteiger partial charge in [0.05, 0.1) is 30.5 Å². The fourth-order valence-corrected chi connectivity index (χ4v) is 12.0. The van der Waals surface area contributed by atoms with Gasteiger partial charge in [-0.1, -0.05) is 88.4 Å². The summed E-state index contributed by atoms with van der Waals surface area (Å²) >= 11 is 0. The third kappa shape index (κ3) is 9.16. The van der Waals surface area contributed by atoms with Gasteiger partial charge in [0.1, 0.15) is 5.78 Å². The Labute approximate surface area is 278 Å². The number of aliphatic hydroxyl groups excluding tert-OH is 1. The van der Waals surface area contributed by atoms with E-state index in [4.69, 9.17) is 23.4 Å². The van der Waals surface area contributed by atoms with Crippen LogP contribution in [0, 0.1) is 5.92 Å². The third-order valence-electron chi connectivity index (χ3n) is 9.42. The van der Waals surface area contributed by atoms with Crippen molar-refractivity contribution in [2.75, 3.05) is 6.61 Å². The van der Waals surface area contributed by atoms with Crippen LogP contribution in [0.3, 0.4) is 0 Å². The van der Waals surface area contributed by atoms with Gasteiger partial charge in [0, 0.05) is 19.4 Å². The number of carbonyl (C=O) groups is 1. The highest BCUT2D eigenvalue weighted by Gasteiger charge is 2.50. The summed E-state index contributed by atoms with van der Waals surface area (Å²) in [6.45, 7) is 18.8. The first-order chi connectivity index (χ1) is 21.5. The van der Waals surface area contributed by atoms with Crippen LogP contribution in [0.15, 0.2) is 60.7 Å². The first-order valence-electron chi connectivity index (χ1n) is 17.2. The van der Waals surface area contributed by atoms with Crippen molar-refractivity contribution in [1.29, 1.82) is 0 Å². The molecule has 2 saturated heterocycles. The van der Waals surface area contributed by atoms with Gasteiger partial charge >= 0.3 is 0 Å². The Morgan fingerprint density at radius 2 is 1.43 bits per heavy atom. The molecule has 2 heterocycles. The van der Waals surface area contributed by atoms with Crippen LogP contribution >= 0.6 is 0 Å². The number of benzene rings is 2. The van der Waals surface area contributed by atoms with Gasteiger partial charge in [-0.05, 0) is 81.6 Å². The lowest BCUT2D eigenvalue weighted by Crippen LogP contribution is -2.66. The Bertz CT molecular complexity index is 1200. The topological polar surface area (TPSA) is 83.5 Å². The molecule has 0 aromatic heterocycles. The van der Waals surface area contributed by atoms with E-state index in [1.807, 2.05) is 27.7 Å². The Morgan fingerprint density at radius 1 is 0.891 bits per heavy atom. The standard InChI is InChI=1S/C38H58O7Si/c1-27(35(40)34-26-29(23-22-28(2)39)42-37(6,7)45-34)25-33-32(43-38(8,9)44-33)21-16-24-41-46(36(3,4)5,30-17-12-10-13-18-30)31-19-14-11-15-20-31/h10-15,17-20,27,29,32-35,40H,16,21-26H2,1-9H3/t27-,29+,32+,33+,34+,35-/m1/s1. The number of rotatable bonds is 14. The van der Waals surface area contributed by atoms with Crippen LogP contribution in [0.25, 0.3) is 0 Å². The van der Waals surface area contributed by atoms with Gasteiger partial charge in [-0.3, -0.25) is 0 Å². The van der Waals surface area contributed by atoms with Crippen molar-refractivity contribution in [1.82, 2.24) is 0 Å². The first-order valence-corrected chi connectivity index (χ1v) is 19.1. The van der Waals surface area contributed by atoms with Crippen LogP contribution in [-0.4, -0.2) is 67.9 Å². The van der Waals surface area contributed by atoms with E-state index in [2.05, 4.69) is 88.4 Å². The normalized spacial score (nSPS) is 26.0. The highest BCUT2D eigenvalue weighted by molar-refractivity contribution is 6.99. The summed E-state index contributed by atoms with van der Waals surface area (Å²) in [4.78, 5) is 11.6. The van der Waals surface area contributed by atoms with Gasteiger partial charge in [-0.15, -0.1) is 0 Å². The molecule has 2 aromatic rings. The van der Waals surface area contributed by atoms with Gasteiger partial charge in [-0.25, -0.2) is 0 Å². The minimum atomic E-state index is -2.61. The summed E-state index contributed by atoms with van der Waals surface area (Å²) in [5.41, 5.74) is 0. The lowest BCUT2D eigenvalue weighted by Gasteiger charge is -2.43. The highest BCUT2D eigenvalue weighted by atomic mass is 28.4. The number of aliphatic hydroxyl groups is 1. The second-order valence-electron chi connectivity index (χ2n) is 15.3. The molecule has 7 nitrogen and oxygen atoms in total. The quantitative estimate of drug-likeness (QED) is 0.183. The molecule has 2 fully saturated rings. The highest BCUT2D eigenvalue weighted by Crippen LogP contribution is 2.39. The predicted octanol–water partition coefficient (Wildman–Crippen LogP) is 6.53. The van der Waals surface area contributed by atoms with Crippen LogP contribution in [0.5, 0.6) is 0 Å². The molecule has 8 heteroatoms. The van der Waals surface area contributed by atoms with E-state index in [-0.39, 0.29) is 41.2 Å².